The normalized spacial score (nSPS) is 28.9. The number of carbonyl (C=O) groups excluding carboxylic acids is 1. The van der Waals surface area contributed by atoms with Gasteiger partial charge in [-0.25, -0.2) is 8.42 Å². The fourth-order valence-electron chi connectivity index (χ4n) is 4.93. The molecule has 27 heavy (non-hydrogen) atoms. The number of hydrogen-bond donors (Lipinski definition) is 0. The van der Waals surface area contributed by atoms with E-state index in [1.807, 2.05) is 31.2 Å². The summed E-state index contributed by atoms with van der Waals surface area (Å²) >= 11 is 0. The van der Waals surface area contributed by atoms with E-state index in [4.69, 9.17) is 4.74 Å². The topological polar surface area (TPSA) is 66.9 Å². The number of anilines is 1. The van der Waals surface area contributed by atoms with Gasteiger partial charge in [-0.15, -0.1) is 0 Å². The van der Waals surface area contributed by atoms with Crippen molar-refractivity contribution in [3.05, 3.63) is 24.3 Å². The number of amides is 1. The number of hydrogen-bond acceptors (Lipinski definition) is 5. The second kappa shape index (κ2) is 7.43. The Morgan fingerprint density at radius 3 is 2.37 bits per heavy atom. The highest BCUT2D eigenvalue weighted by Gasteiger charge is 2.51. The van der Waals surface area contributed by atoms with E-state index in [1.165, 1.54) is 19.3 Å². The Hall–Kier alpha value is -1.60. The van der Waals surface area contributed by atoms with Crippen LogP contribution in [0.25, 0.3) is 0 Å². The lowest BCUT2D eigenvalue weighted by atomic mass is 9.91. The average Bonchev–Trinajstić information content (AvgIpc) is 2.98. The lowest BCUT2D eigenvalue weighted by Gasteiger charge is -2.47. The predicted molar refractivity (Wildman–Crippen MR) is 105 cm³/mol. The van der Waals surface area contributed by atoms with Gasteiger partial charge >= 0.3 is 0 Å². The monoisotopic (exact) mass is 392 g/mol. The maximum atomic E-state index is 13.1. The average molecular weight is 393 g/mol. The summed E-state index contributed by atoms with van der Waals surface area (Å²) in [5.74, 6) is 0.975. The minimum absolute atomic E-state index is 0.00285. The Morgan fingerprint density at radius 1 is 1.04 bits per heavy atom. The second-order valence-corrected chi connectivity index (χ2v) is 10.0. The van der Waals surface area contributed by atoms with Crippen molar-refractivity contribution in [1.29, 1.82) is 0 Å². The first-order valence-corrected chi connectivity index (χ1v) is 11.8. The molecule has 2 heterocycles. The molecule has 6 nitrogen and oxygen atoms in total. The number of piperazine rings is 1. The molecule has 0 N–H and O–H groups in total. The van der Waals surface area contributed by atoms with E-state index in [0.29, 0.717) is 19.2 Å². The summed E-state index contributed by atoms with van der Waals surface area (Å²) in [5, 5.41) is 0. The largest absolute Gasteiger partial charge is 0.494 e. The zero-order valence-electron chi connectivity index (χ0n) is 15.8. The lowest BCUT2D eigenvalue weighted by molar-refractivity contribution is -0.124. The summed E-state index contributed by atoms with van der Waals surface area (Å²) < 4.78 is 30.4. The van der Waals surface area contributed by atoms with E-state index >= 15 is 0 Å². The summed E-state index contributed by atoms with van der Waals surface area (Å²) in [4.78, 5) is 17.0. The summed E-state index contributed by atoms with van der Waals surface area (Å²) in [6, 6.07) is 7.36. The van der Waals surface area contributed by atoms with Crippen molar-refractivity contribution in [2.75, 3.05) is 29.6 Å². The Morgan fingerprint density at radius 2 is 1.70 bits per heavy atom. The molecule has 1 aromatic rings. The van der Waals surface area contributed by atoms with Crippen LogP contribution in [0.15, 0.2) is 24.3 Å². The van der Waals surface area contributed by atoms with Crippen LogP contribution >= 0.6 is 0 Å². The van der Waals surface area contributed by atoms with Gasteiger partial charge < -0.3 is 9.64 Å². The van der Waals surface area contributed by atoms with Gasteiger partial charge in [-0.1, -0.05) is 19.3 Å². The van der Waals surface area contributed by atoms with Crippen molar-refractivity contribution in [3.8, 4) is 5.75 Å². The molecule has 0 bridgehead atoms. The fraction of sp³-hybridized carbons (Fsp3) is 0.650. The first-order valence-electron chi connectivity index (χ1n) is 9.99. The lowest BCUT2D eigenvalue weighted by Crippen LogP contribution is -2.64. The van der Waals surface area contributed by atoms with Gasteiger partial charge in [0.15, 0.2) is 9.84 Å². The smallest absolute Gasteiger partial charge is 0.241 e. The molecule has 4 rings (SSSR count). The molecular formula is C20H28N2O4S. The third-order valence-electron chi connectivity index (χ3n) is 6.11. The SMILES string of the molecule is CCOc1ccc(N2C(=O)CN(C3CCCCC3)[C@H]3CS(=O)(=O)C[C@H]32)cc1. The van der Waals surface area contributed by atoms with Crippen LogP contribution < -0.4 is 9.64 Å². The van der Waals surface area contributed by atoms with Gasteiger partial charge in [0.25, 0.3) is 0 Å². The quantitative estimate of drug-likeness (QED) is 0.786. The number of rotatable bonds is 4. The summed E-state index contributed by atoms with van der Waals surface area (Å²) in [6.45, 7) is 2.83. The molecule has 148 valence electrons. The zero-order valence-corrected chi connectivity index (χ0v) is 16.7. The molecule has 3 fully saturated rings. The van der Waals surface area contributed by atoms with Crippen molar-refractivity contribution >= 4 is 21.4 Å². The highest BCUT2D eigenvalue weighted by molar-refractivity contribution is 7.91. The van der Waals surface area contributed by atoms with Gasteiger partial charge in [0.1, 0.15) is 5.75 Å². The molecule has 0 spiro atoms. The van der Waals surface area contributed by atoms with Crippen molar-refractivity contribution in [3.63, 3.8) is 0 Å². The van der Waals surface area contributed by atoms with E-state index in [1.54, 1.807) is 4.90 Å². The first-order chi connectivity index (χ1) is 13.0. The molecule has 0 unspecified atom stereocenters. The minimum Gasteiger partial charge on any atom is -0.494 e. The summed E-state index contributed by atoms with van der Waals surface area (Å²) in [6.07, 6.45) is 5.71. The van der Waals surface area contributed by atoms with Crippen LogP contribution in [0.5, 0.6) is 5.75 Å². The Bertz CT molecular complexity index is 787. The van der Waals surface area contributed by atoms with Gasteiger partial charge in [-0.3, -0.25) is 9.69 Å². The van der Waals surface area contributed by atoms with Gasteiger partial charge in [0.05, 0.1) is 30.7 Å². The number of ether oxygens (including phenoxy) is 1. The Balaban J connectivity index is 1.63. The van der Waals surface area contributed by atoms with Crippen molar-refractivity contribution in [1.82, 2.24) is 4.90 Å². The van der Waals surface area contributed by atoms with Crippen LogP contribution in [0.3, 0.4) is 0 Å². The fourth-order valence-corrected chi connectivity index (χ4v) is 6.89. The van der Waals surface area contributed by atoms with Crippen LogP contribution in [-0.2, 0) is 14.6 Å². The number of benzene rings is 1. The molecule has 2 atom stereocenters. The van der Waals surface area contributed by atoms with Crippen LogP contribution in [0.1, 0.15) is 39.0 Å². The Labute approximate surface area is 161 Å². The van der Waals surface area contributed by atoms with Crippen molar-refractivity contribution in [2.45, 2.75) is 57.2 Å². The highest BCUT2D eigenvalue weighted by atomic mass is 32.2. The predicted octanol–water partition coefficient (Wildman–Crippen LogP) is 2.23. The molecular weight excluding hydrogens is 364 g/mol. The summed E-state index contributed by atoms with van der Waals surface area (Å²) in [7, 11) is -3.14. The van der Waals surface area contributed by atoms with Gasteiger partial charge in [0, 0.05) is 17.8 Å². The van der Waals surface area contributed by atoms with E-state index in [2.05, 4.69) is 4.90 Å². The van der Waals surface area contributed by atoms with E-state index in [-0.39, 0.29) is 29.5 Å². The molecule has 7 heteroatoms. The van der Waals surface area contributed by atoms with E-state index in [0.717, 1.165) is 24.3 Å². The van der Waals surface area contributed by atoms with Crippen molar-refractivity contribution in [2.24, 2.45) is 0 Å². The standard InChI is InChI=1S/C20H28N2O4S/c1-2-26-17-10-8-16(9-11-17)22-19-14-27(24,25)13-18(19)21(12-20(22)23)15-6-4-3-5-7-15/h8-11,15,18-19H,2-7,12-14H2,1H3/t18-,19+/m0/s1. The Kier molecular flexibility index (Phi) is 5.16. The van der Waals surface area contributed by atoms with Crippen LogP contribution in [-0.4, -0.2) is 62.0 Å². The van der Waals surface area contributed by atoms with Crippen LogP contribution in [0.4, 0.5) is 5.69 Å². The minimum atomic E-state index is -3.14. The van der Waals surface area contributed by atoms with Gasteiger partial charge in [0.2, 0.25) is 5.91 Å². The molecule has 0 aromatic heterocycles. The van der Waals surface area contributed by atoms with E-state index < -0.39 is 9.84 Å². The molecule has 1 amide bonds. The van der Waals surface area contributed by atoms with Crippen LogP contribution in [0, 0.1) is 0 Å². The van der Waals surface area contributed by atoms with Gasteiger partial charge in [-0.05, 0) is 44.0 Å². The van der Waals surface area contributed by atoms with Crippen LogP contribution in [0.2, 0.25) is 0 Å². The number of carbonyl (C=O) groups is 1. The number of nitrogens with zero attached hydrogens (tertiary/aromatic N) is 2. The molecule has 1 aliphatic carbocycles. The molecule has 2 saturated heterocycles. The number of fused-ring (bicyclic) bond motifs is 1. The molecule has 2 aliphatic heterocycles. The zero-order chi connectivity index (χ0) is 19.0. The molecule has 1 aromatic carbocycles. The first kappa shape index (κ1) is 18.7. The summed E-state index contributed by atoms with van der Waals surface area (Å²) in [5.41, 5.74) is 0.763. The second-order valence-electron chi connectivity index (χ2n) is 7.87. The van der Waals surface area contributed by atoms with Gasteiger partial charge in [-0.2, -0.15) is 0 Å². The molecule has 0 radical (unpaired) electrons. The molecule has 3 aliphatic rings. The van der Waals surface area contributed by atoms with E-state index in [9.17, 15) is 13.2 Å². The highest BCUT2D eigenvalue weighted by Crippen LogP contribution is 2.36. The number of sulfone groups is 1. The van der Waals surface area contributed by atoms with Crippen molar-refractivity contribution < 1.29 is 17.9 Å². The maximum absolute atomic E-state index is 13.1. The molecule has 1 saturated carbocycles. The maximum Gasteiger partial charge on any atom is 0.241 e. The third-order valence-corrected chi connectivity index (χ3v) is 7.81. The third kappa shape index (κ3) is 3.72.